The maximum absolute atomic E-state index is 12.9. The number of ether oxygens (including phenoxy) is 1. The molecule has 1 saturated carbocycles. The smallest absolute Gasteiger partial charge is 0.246 e. The first-order valence-electron chi connectivity index (χ1n) is 9.47. The van der Waals surface area contributed by atoms with Crippen LogP contribution in [0.5, 0.6) is 5.75 Å². The Hall–Kier alpha value is -1.69. The van der Waals surface area contributed by atoms with Gasteiger partial charge < -0.3 is 15.0 Å². The van der Waals surface area contributed by atoms with Crippen molar-refractivity contribution in [1.29, 1.82) is 0 Å². The standard InChI is InChI=1S/C20H28N2O3S/c1-25-16-9-7-15(8-10-16)12-22-18(11-14-5-3-2-4-6-14)19(23)21-17(13-26)20(22)24/h7-10,14,17-18,26H,2-6,11-13H2,1H3,(H,21,23)/t17-,18-/m0/s1. The van der Waals surface area contributed by atoms with Crippen LogP contribution in [0.1, 0.15) is 44.1 Å². The highest BCUT2D eigenvalue weighted by Gasteiger charge is 2.40. The molecule has 1 aromatic rings. The Kier molecular flexibility index (Phi) is 6.46. The van der Waals surface area contributed by atoms with Crippen LogP contribution >= 0.6 is 12.6 Å². The topological polar surface area (TPSA) is 58.6 Å². The van der Waals surface area contributed by atoms with E-state index in [9.17, 15) is 9.59 Å². The third-order valence-electron chi connectivity index (χ3n) is 5.55. The maximum Gasteiger partial charge on any atom is 0.246 e. The molecule has 2 fully saturated rings. The van der Waals surface area contributed by atoms with E-state index in [0.717, 1.165) is 30.6 Å². The minimum absolute atomic E-state index is 0.0313. The summed E-state index contributed by atoms with van der Waals surface area (Å²) in [6.07, 6.45) is 6.81. The van der Waals surface area contributed by atoms with Crippen LogP contribution in [-0.2, 0) is 16.1 Å². The van der Waals surface area contributed by atoms with Gasteiger partial charge in [0.1, 0.15) is 17.8 Å². The van der Waals surface area contributed by atoms with Gasteiger partial charge in [0.05, 0.1) is 7.11 Å². The molecule has 2 aliphatic rings. The van der Waals surface area contributed by atoms with Gasteiger partial charge in [0.15, 0.2) is 0 Å². The van der Waals surface area contributed by atoms with Crippen molar-refractivity contribution in [2.24, 2.45) is 5.92 Å². The van der Waals surface area contributed by atoms with Gasteiger partial charge in [-0.3, -0.25) is 9.59 Å². The third-order valence-corrected chi connectivity index (χ3v) is 5.92. The van der Waals surface area contributed by atoms with E-state index in [1.165, 1.54) is 19.3 Å². The second-order valence-electron chi connectivity index (χ2n) is 7.31. The SMILES string of the molecule is COc1ccc(CN2C(=O)[C@H](CS)NC(=O)[C@@H]2CC2CCCCC2)cc1. The minimum Gasteiger partial charge on any atom is -0.497 e. The summed E-state index contributed by atoms with van der Waals surface area (Å²) in [6.45, 7) is 0.442. The fourth-order valence-electron chi connectivity index (χ4n) is 4.04. The lowest BCUT2D eigenvalue weighted by Crippen LogP contribution is -2.63. The second kappa shape index (κ2) is 8.80. The summed E-state index contributed by atoms with van der Waals surface area (Å²) in [4.78, 5) is 27.4. The molecule has 1 saturated heterocycles. The number of rotatable bonds is 6. The molecule has 2 atom stereocenters. The Bertz CT molecular complexity index is 628. The molecule has 1 aromatic carbocycles. The lowest BCUT2D eigenvalue weighted by molar-refractivity contribution is -0.150. The summed E-state index contributed by atoms with van der Waals surface area (Å²) in [6, 6.07) is 6.75. The summed E-state index contributed by atoms with van der Waals surface area (Å²) in [5, 5.41) is 2.86. The van der Waals surface area contributed by atoms with Crippen molar-refractivity contribution in [1.82, 2.24) is 10.2 Å². The maximum atomic E-state index is 12.9. The number of carbonyl (C=O) groups is 2. The number of nitrogens with one attached hydrogen (secondary N) is 1. The zero-order valence-electron chi connectivity index (χ0n) is 15.3. The molecule has 0 spiro atoms. The Morgan fingerprint density at radius 1 is 1.15 bits per heavy atom. The number of carbonyl (C=O) groups excluding carboxylic acids is 2. The average molecular weight is 377 g/mol. The molecule has 1 aliphatic carbocycles. The minimum atomic E-state index is -0.535. The molecule has 0 unspecified atom stereocenters. The Morgan fingerprint density at radius 2 is 1.85 bits per heavy atom. The fourth-order valence-corrected chi connectivity index (χ4v) is 4.28. The van der Waals surface area contributed by atoms with Crippen LogP contribution in [0.15, 0.2) is 24.3 Å². The summed E-state index contributed by atoms with van der Waals surface area (Å²) < 4.78 is 5.20. The zero-order chi connectivity index (χ0) is 18.5. The van der Waals surface area contributed by atoms with Gasteiger partial charge in [-0.2, -0.15) is 12.6 Å². The van der Waals surface area contributed by atoms with Crippen molar-refractivity contribution in [3.05, 3.63) is 29.8 Å². The van der Waals surface area contributed by atoms with Gasteiger partial charge in [0.25, 0.3) is 0 Å². The summed E-state index contributed by atoms with van der Waals surface area (Å²) in [5.74, 6) is 1.56. The first-order valence-corrected chi connectivity index (χ1v) is 10.1. The van der Waals surface area contributed by atoms with Crippen molar-refractivity contribution < 1.29 is 14.3 Å². The highest BCUT2D eigenvalue weighted by atomic mass is 32.1. The number of hydrogen-bond acceptors (Lipinski definition) is 4. The van der Waals surface area contributed by atoms with Gasteiger partial charge >= 0.3 is 0 Å². The average Bonchev–Trinajstić information content (AvgIpc) is 2.68. The van der Waals surface area contributed by atoms with E-state index in [1.807, 2.05) is 24.3 Å². The van der Waals surface area contributed by atoms with E-state index in [4.69, 9.17) is 4.74 Å². The molecule has 142 valence electrons. The Balaban J connectivity index is 1.78. The quantitative estimate of drug-likeness (QED) is 0.751. The number of benzene rings is 1. The third kappa shape index (κ3) is 4.34. The summed E-state index contributed by atoms with van der Waals surface area (Å²) in [5.41, 5.74) is 1.00. The van der Waals surface area contributed by atoms with Crippen molar-refractivity contribution in [2.75, 3.05) is 12.9 Å². The van der Waals surface area contributed by atoms with Crippen LogP contribution in [0.25, 0.3) is 0 Å². The van der Waals surface area contributed by atoms with Gasteiger partial charge in [-0.1, -0.05) is 44.2 Å². The number of amides is 2. The highest BCUT2D eigenvalue weighted by molar-refractivity contribution is 7.80. The number of nitrogens with zero attached hydrogens (tertiary/aromatic N) is 1. The lowest BCUT2D eigenvalue weighted by atomic mass is 9.83. The van der Waals surface area contributed by atoms with E-state index in [1.54, 1.807) is 12.0 Å². The number of piperazine rings is 1. The molecule has 5 nitrogen and oxygen atoms in total. The predicted molar refractivity (Wildman–Crippen MR) is 104 cm³/mol. The number of thiol groups is 1. The molecule has 1 heterocycles. The number of hydrogen-bond donors (Lipinski definition) is 2. The Labute approximate surface area is 160 Å². The molecule has 2 amide bonds. The van der Waals surface area contributed by atoms with Crippen LogP contribution in [0.4, 0.5) is 0 Å². The van der Waals surface area contributed by atoms with Crippen LogP contribution < -0.4 is 10.1 Å². The van der Waals surface area contributed by atoms with Crippen LogP contribution in [-0.4, -0.2) is 41.7 Å². The second-order valence-corrected chi connectivity index (χ2v) is 7.68. The van der Waals surface area contributed by atoms with Gasteiger partial charge in [-0.05, 0) is 30.0 Å². The van der Waals surface area contributed by atoms with Crippen molar-refractivity contribution in [3.63, 3.8) is 0 Å². The normalized spacial score (nSPS) is 24.5. The predicted octanol–water partition coefficient (Wildman–Crippen LogP) is 2.79. The molecule has 6 heteroatoms. The summed E-state index contributed by atoms with van der Waals surface area (Å²) in [7, 11) is 1.63. The molecular formula is C20H28N2O3S. The van der Waals surface area contributed by atoms with E-state index >= 15 is 0 Å². The van der Waals surface area contributed by atoms with Gasteiger partial charge in [-0.15, -0.1) is 0 Å². The number of methoxy groups -OCH3 is 1. The van der Waals surface area contributed by atoms with Crippen molar-refractivity contribution >= 4 is 24.4 Å². The van der Waals surface area contributed by atoms with Gasteiger partial charge in [-0.25, -0.2) is 0 Å². The molecule has 0 radical (unpaired) electrons. The monoisotopic (exact) mass is 376 g/mol. The Morgan fingerprint density at radius 3 is 2.46 bits per heavy atom. The van der Waals surface area contributed by atoms with E-state index in [2.05, 4.69) is 17.9 Å². The van der Waals surface area contributed by atoms with Crippen LogP contribution in [0, 0.1) is 5.92 Å². The van der Waals surface area contributed by atoms with E-state index < -0.39 is 6.04 Å². The van der Waals surface area contributed by atoms with E-state index in [-0.39, 0.29) is 17.9 Å². The fraction of sp³-hybridized carbons (Fsp3) is 0.600. The molecule has 26 heavy (non-hydrogen) atoms. The van der Waals surface area contributed by atoms with Crippen LogP contribution in [0.3, 0.4) is 0 Å². The van der Waals surface area contributed by atoms with Crippen molar-refractivity contribution in [2.45, 2.75) is 57.2 Å². The largest absolute Gasteiger partial charge is 0.497 e. The van der Waals surface area contributed by atoms with Gasteiger partial charge in [0.2, 0.25) is 11.8 Å². The summed E-state index contributed by atoms with van der Waals surface area (Å²) >= 11 is 4.24. The molecule has 0 bridgehead atoms. The highest BCUT2D eigenvalue weighted by Crippen LogP contribution is 2.30. The molecular weight excluding hydrogens is 348 g/mol. The first-order chi connectivity index (χ1) is 12.6. The van der Waals surface area contributed by atoms with Crippen molar-refractivity contribution in [3.8, 4) is 5.75 Å². The zero-order valence-corrected chi connectivity index (χ0v) is 16.2. The first kappa shape index (κ1) is 19.1. The molecule has 3 rings (SSSR count). The lowest BCUT2D eigenvalue weighted by Gasteiger charge is -2.40. The molecule has 0 aromatic heterocycles. The van der Waals surface area contributed by atoms with Gasteiger partial charge in [0, 0.05) is 12.3 Å². The van der Waals surface area contributed by atoms with Crippen LogP contribution in [0.2, 0.25) is 0 Å². The molecule has 1 aliphatic heterocycles. The molecule has 1 N–H and O–H groups in total. The van der Waals surface area contributed by atoms with E-state index in [0.29, 0.717) is 18.2 Å².